The maximum Gasteiger partial charge on any atom is 0.215 e. The highest BCUT2D eigenvalue weighted by molar-refractivity contribution is 5.42. The molecule has 1 aliphatic rings. The Bertz CT molecular complexity index is 509. The molecule has 1 aromatic heterocycles. The smallest absolute Gasteiger partial charge is 0.215 e. The van der Waals surface area contributed by atoms with Gasteiger partial charge in [0.2, 0.25) is 5.88 Å². The average Bonchev–Trinajstić information content (AvgIpc) is 2.36. The Morgan fingerprint density at radius 3 is 2.56 bits per heavy atom. The summed E-state index contributed by atoms with van der Waals surface area (Å²) in [5.41, 5.74) is 1.16. The molecule has 0 bridgehead atoms. The van der Waals surface area contributed by atoms with E-state index in [1.165, 1.54) is 6.42 Å². The second-order valence-electron chi connectivity index (χ2n) is 4.45. The van der Waals surface area contributed by atoms with Crippen LogP contribution in [0.15, 0.2) is 48.5 Å². The molecule has 3 heteroatoms. The molecule has 0 aliphatic carbocycles. The Balaban J connectivity index is 1.65. The lowest BCUT2D eigenvalue weighted by Gasteiger charge is -2.32. The van der Waals surface area contributed by atoms with E-state index in [2.05, 4.69) is 22.0 Å². The maximum atomic E-state index is 5.71. The molecule has 3 nitrogen and oxygen atoms in total. The van der Waals surface area contributed by atoms with Crippen molar-refractivity contribution < 1.29 is 4.74 Å². The van der Waals surface area contributed by atoms with E-state index in [1.54, 1.807) is 0 Å². The van der Waals surface area contributed by atoms with Crippen molar-refractivity contribution in [1.29, 1.82) is 0 Å². The second kappa shape index (κ2) is 5.08. The van der Waals surface area contributed by atoms with Crippen molar-refractivity contribution in [2.75, 3.05) is 18.0 Å². The molecule has 3 rings (SSSR count). The van der Waals surface area contributed by atoms with E-state index in [-0.39, 0.29) is 0 Å². The fourth-order valence-corrected chi connectivity index (χ4v) is 1.94. The predicted molar refractivity (Wildman–Crippen MR) is 71.8 cm³/mol. The third kappa shape index (κ3) is 2.45. The Morgan fingerprint density at radius 2 is 1.83 bits per heavy atom. The molecular formula is C15H16N2O. The van der Waals surface area contributed by atoms with E-state index in [9.17, 15) is 0 Å². The summed E-state index contributed by atoms with van der Waals surface area (Å²) in [6.07, 6.45) is 1.26. The van der Waals surface area contributed by atoms with Crippen molar-refractivity contribution in [2.24, 2.45) is 0 Å². The molecule has 0 atom stereocenters. The molecule has 0 spiro atoms. The highest BCUT2D eigenvalue weighted by Crippen LogP contribution is 2.21. The topological polar surface area (TPSA) is 25.4 Å². The van der Waals surface area contributed by atoms with E-state index in [0.717, 1.165) is 24.5 Å². The highest BCUT2D eigenvalue weighted by atomic mass is 16.5. The Morgan fingerprint density at radius 1 is 1.00 bits per heavy atom. The summed E-state index contributed by atoms with van der Waals surface area (Å²) in [5, 5.41) is 0. The van der Waals surface area contributed by atoms with Gasteiger partial charge < -0.3 is 9.64 Å². The summed E-state index contributed by atoms with van der Waals surface area (Å²) in [4.78, 5) is 6.77. The molecule has 1 aromatic carbocycles. The van der Waals surface area contributed by atoms with E-state index in [4.69, 9.17) is 4.74 Å². The Labute approximate surface area is 107 Å². The predicted octanol–water partition coefficient (Wildman–Crippen LogP) is 2.87. The summed E-state index contributed by atoms with van der Waals surface area (Å²) >= 11 is 0. The second-order valence-corrected chi connectivity index (χ2v) is 4.45. The van der Waals surface area contributed by atoms with Crippen molar-refractivity contribution >= 4 is 5.82 Å². The van der Waals surface area contributed by atoms with Crippen LogP contribution in [0.4, 0.5) is 5.82 Å². The standard InChI is InChI=1S/C15H16N2O/c1-2-6-13(7-3-1)12-18-15-9-4-8-14(16-15)17-10-5-11-17/h1-4,6-9H,5,10-12H2. The van der Waals surface area contributed by atoms with Crippen molar-refractivity contribution in [2.45, 2.75) is 13.0 Å². The summed E-state index contributed by atoms with van der Waals surface area (Å²) in [7, 11) is 0. The zero-order valence-electron chi connectivity index (χ0n) is 10.2. The summed E-state index contributed by atoms with van der Waals surface area (Å²) in [5.74, 6) is 1.72. The first-order valence-electron chi connectivity index (χ1n) is 6.30. The van der Waals surface area contributed by atoms with Gasteiger partial charge in [-0.05, 0) is 18.1 Å². The van der Waals surface area contributed by atoms with Crippen LogP contribution in [0.2, 0.25) is 0 Å². The van der Waals surface area contributed by atoms with Crippen LogP contribution in [0, 0.1) is 0 Å². The van der Waals surface area contributed by atoms with Crippen LogP contribution in [0.5, 0.6) is 5.88 Å². The third-order valence-corrected chi connectivity index (χ3v) is 3.12. The van der Waals surface area contributed by atoms with Crippen LogP contribution in [0.1, 0.15) is 12.0 Å². The van der Waals surface area contributed by atoms with Crippen LogP contribution < -0.4 is 9.64 Å². The number of aromatic nitrogens is 1. The van der Waals surface area contributed by atoms with Gasteiger partial charge in [0.05, 0.1) is 0 Å². The van der Waals surface area contributed by atoms with Crippen molar-refractivity contribution in [3.8, 4) is 5.88 Å². The minimum Gasteiger partial charge on any atom is -0.473 e. The molecule has 0 radical (unpaired) electrons. The van der Waals surface area contributed by atoms with Gasteiger partial charge in [0.25, 0.3) is 0 Å². The zero-order valence-corrected chi connectivity index (χ0v) is 10.2. The lowest BCUT2D eigenvalue weighted by atomic mass is 10.2. The molecule has 1 aliphatic heterocycles. The lowest BCUT2D eigenvalue weighted by molar-refractivity contribution is 0.294. The number of hydrogen-bond donors (Lipinski definition) is 0. The molecule has 18 heavy (non-hydrogen) atoms. The maximum absolute atomic E-state index is 5.71. The molecule has 1 fully saturated rings. The minimum atomic E-state index is 0.567. The van der Waals surface area contributed by atoms with Gasteiger partial charge >= 0.3 is 0 Å². The van der Waals surface area contributed by atoms with Crippen LogP contribution in [0.25, 0.3) is 0 Å². The Kier molecular flexibility index (Phi) is 3.13. The molecule has 1 saturated heterocycles. The number of pyridine rings is 1. The summed E-state index contributed by atoms with van der Waals surface area (Å²) < 4.78 is 5.71. The van der Waals surface area contributed by atoms with E-state index in [0.29, 0.717) is 12.5 Å². The van der Waals surface area contributed by atoms with E-state index < -0.39 is 0 Å². The van der Waals surface area contributed by atoms with E-state index >= 15 is 0 Å². The SMILES string of the molecule is c1ccc(COc2cccc(N3CCC3)n2)cc1. The molecule has 2 aromatic rings. The van der Waals surface area contributed by atoms with Crippen molar-refractivity contribution in [3.63, 3.8) is 0 Å². The van der Waals surface area contributed by atoms with Crippen LogP contribution in [-0.4, -0.2) is 18.1 Å². The van der Waals surface area contributed by atoms with Gasteiger partial charge in [-0.25, -0.2) is 0 Å². The summed E-state index contributed by atoms with van der Waals surface area (Å²) in [6.45, 7) is 2.78. The Hall–Kier alpha value is -2.03. The molecular weight excluding hydrogens is 224 g/mol. The fraction of sp³-hybridized carbons (Fsp3) is 0.267. The molecule has 92 valence electrons. The minimum absolute atomic E-state index is 0.567. The van der Waals surface area contributed by atoms with Gasteiger partial charge in [0, 0.05) is 19.2 Å². The normalized spacial score (nSPS) is 14.1. The highest BCUT2D eigenvalue weighted by Gasteiger charge is 2.15. The molecule has 0 N–H and O–H groups in total. The zero-order chi connectivity index (χ0) is 12.2. The van der Waals surface area contributed by atoms with Crippen LogP contribution >= 0.6 is 0 Å². The number of ether oxygens (including phenoxy) is 1. The fourth-order valence-electron chi connectivity index (χ4n) is 1.94. The van der Waals surface area contributed by atoms with Gasteiger partial charge in [-0.3, -0.25) is 0 Å². The van der Waals surface area contributed by atoms with Crippen LogP contribution in [-0.2, 0) is 6.61 Å². The first-order chi connectivity index (χ1) is 8.92. The first-order valence-corrected chi connectivity index (χ1v) is 6.30. The molecule has 0 saturated carbocycles. The molecule has 2 heterocycles. The number of anilines is 1. The number of benzene rings is 1. The number of nitrogens with zero attached hydrogens (tertiary/aromatic N) is 2. The first kappa shape index (κ1) is 11.1. The van der Waals surface area contributed by atoms with Gasteiger partial charge in [0.15, 0.2) is 0 Å². The van der Waals surface area contributed by atoms with Crippen molar-refractivity contribution in [3.05, 3.63) is 54.1 Å². The number of rotatable bonds is 4. The molecule has 0 unspecified atom stereocenters. The average molecular weight is 240 g/mol. The van der Waals surface area contributed by atoms with Gasteiger partial charge in [-0.15, -0.1) is 0 Å². The van der Waals surface area contributed by atoms with Gasteiger partial charge in [-0.1, -0.05) is 36.4 Å². The van der Waals surface area contributed by atoms with Gasteiger partial charge in [-0.2, -0.15) is 4.98 Å². The monoisotopic (exact) mass is 240 g/mol. The van der Waals surface area contributed by atoms with E-state index in [1.807, 2.05) is 36.4 Å². The molecule has 0 amide bonds. The lowest BCUT2D eigenvalue weighted by Crippen LogP contribution is -2.37. The summed E-state index contributed by atoms with van der Waals surface area (Å²) in [6, 6.07) is 16.1. The number of hydrogen-bond acceptors (Lipinski definition) is 3. The van der Waals surface area contributed by atoms with Crippen LogP contribution in [0.3, 0.4) is 0 Å². The van der Waals surface area contributed by atoms with Gasteiger partial charge in [0.1, 0.15) is 12.4 Å². The van der Waals surface area contributed by atoms with Crippen molar-refractivity contribution in [1.82, 2.24) is 4.98 Å². The quantitative estimate of drug-likeness (QED) is 0.821. The third-order valence-electron chi connectivity index (χ3n) is 3.12. The largest absolute Gasteiger partial charge is 0.473 e.